The molecule has 2 aromatic carbocycles. The zero-order chi connectivity index (χ0) is 26.6. The second-order valence-corrected chi connectivity index (χ2v) is 9.66. The van der Waals surface area contributed by atoms with Crippen LogP contribution in [0.2, 0.25) is 0 Å². The van der Waals surface area contributed by atoms with Gasteiger partial charge in [-0.05, 0) is 42.3 Å². The van der Waals surface area contributed by atoms with Crippen molar-refractivity contribution in [1.82, 2.24) is 4.72 Å². The molecule has 2 aromatic rings. The number of nitrogens with zero attached hydrogens (tertiary/aromatic N) is 4. The van der Waals surface area contributed by atoms with Gasteiger partial charge in [-0.1, -0.05) is 0 Å². The highest BCUT2D eigenvalue weighted by Gasteiger charge is 2.36. The van der Waals surface area contributed by atoms with Crippen LogP contribution in [0.15, 0.2) is 42.5 Å². The molecule has 2 amide bonds. The first-order valence-corrected chi connectivity index (χ1v) is 12.5. The maximum Gasteiger partial charge on any atom is 0.414 e. The highest BCUT2D eigenvalue weighted by atomic mass is 32.2. The standard InChI is InChI=1S/C24H25FN6O5S/c1-16(32)28-37-14-20-13-30(23(33)36-20)19-6-7-22(21(25)12-19)29-10-8-24(15-26,9-11-29)27-17-2-4-18(5-3-17)31(34)35/h2-7,12,20,27H,8-11,13-14H2,1H3,(H,28,32). The maximum absolute atomic E-state index is 15.1. The highest BCUT2D eigenvalue weighted by molar-refractivity contribution is 7.97. The summed E-state index contributed by atoms with van der Waals surface area (Å²) in [6.45, 7) is 2.46. The summed E-state index contributed by atoms with van der Waals surface area (Å²) in [4.78, 5) is 36.9. The van der Waals surface area contributed by atoms with Crippen LogP contribution in [0, 0.1) is 27.3 Å². The third-order valence-corrected chi connectivity index (χ3v) is 7.21. The van der Waals surface area contributed by atoms with Gasteiger partial charge >= 0.3 is 6.09 Å². The summed E-state index contributed by atoms with van der Waals surface area (Å²) in [5.74, 6) is -0.310. The molecule has 0 aliphatic carbocycles. The van der Waals surface area contributed by atoms with E-state index in [2.05, 4.69) is 16.1 Å². The summed E-state index contributed by atoms with van der Waals surface area (Å²) in [5, 5.41) is 23.9. The van der Waals surface area contributed by atoms with Gasteiger partial charge in [-0.2, -0.15) is 5.26 Å². The van der Waals surface area contributed by atoms with Crippen LogP contribution in [-0.2, 0) is 9.53 Å². The zero-order valence-corrected chi connectivity index (χ0v) is 20.8. The monoisotopic (exact) mass is 528 g/mol. The van der Waals surface area contributed by atoms with E-state index in [0.29, 0.717) is 48.7 Å². The summed E-state index contributed by atoms with van der Waals surface area (Å²) in [5.41, 5.74) is 0.429. The maximum atomic E-state index is 15.1. The Morgan fingerprint density at radius 2 is 2.00 bits per heavy atom. The largest absolute Gasteiger partial charge is 0.443 e. The van der Waals surface area contributed by atoms with Gasteiger partial charge in [0.25, 0.3) is 5.69 Å². The number of nitriles is 1. The lowest BCUT2D eigenvalue weighted by Crippen LogP contribution is -2.48. The smallest absolute Gasteiger partial charge is 0.414 e. The van der Waals surface area contributed by atoms with Gasteiger partial charge in [0.05, 0.1) is 34.7 Å². The van der Waals surface area contributed by atoms with Gasteiger partial charge in [-0.3, -0.25) is 19.8 Å². The number of nitro benzene ring substituents is 1. The van der Waals surface area contributed by atoms with Crippen molar-refractivity contribution in [3.8, 4) is 6.07 Å². The highest BCUT2D eigenvalue weighted by Crippen LogP contribution is 2.33. The summed E-state index contributed by atoms with van der Waals surface area (Å²) >= 11 is 1.15. The molecule has 2 fully saturated rings. The lowest BCUT2D eigenvalue weighted by Gasteiger charge is -2.39. The Bertz CT molecular complexity index is 1230. The predicted molar refractivity (Wildman–Crippen MR) is 137 cm³/mol. The summed E-state index contributed by atoms with van der Waals surface area (Å²) in [6.07, 6.45) is -0.187. The van der Waals surface area contributed by atoms with Crippen molar-refractivity contribution in [1.29, 1.82) is 5.26 Å². The van der Waals surface area contributed by atoms with Gasteiger partial charge in [0.15, 0.2) is 0 Å². The molecule has 4 rings (SSSR count). The quantitative estimate of drug-likeness (QED) is 0.297. The summed E-state index contributed by atoms with van der Waals surface area (Å²) < 4.78 is 23.0. The van der Waals surface area contributed by atoms with E-state index >= 15 is 4.39 Å². The normalized spacial score (nSPS) is 18.6. The average Bonchev–Trinajstić information content (AvgIpc) is 3.25. The number of hydrogen-bond donors (Lipinski definition) is 2. The molecule has 0 spiro atoms. The van der Waals surface area contributed by atoms with Gasteiger partial charge in [-0.15, -0.1) is 0 Å². The van der Waals surface area contributed by atoms with E-state index in [1.165, 1.54) is 30.0 Å². The molecule has 2 heterocycles. The molecule has 2 saturated heterocycles. The Hall–Kier alpha value is -4.05. The molecule has 11 nitrogen and oxygen atoms in total. The van der Waals surface area contributed by atoms with Gasteiger partial charge in [0.1, 0.15) is 17.5 Å². The van der Waals surface area contributed by atoms with Crippen LogP contribution >= 0.6 is 11.9 Å². The third kappa shape index (κ3) is 6.03. The fraction of sp³-hybridized carbons (Fsp3) is 0.375. The average molecular weight is 529 g/mol. The van der Waals surface area contributed by atoms with Crippen LogP contribution in [0.3, 0.4) is 0 Å². The van der Waals surface area contributed by atoms with Crippen molar-refractivity contribution >= 4 is 46.7 Å². The number of carbonyl (C=O) groups excluding carboxylic acids is 2. The third-order valence-electron chi connectivity index (χ3n) is 6.24. The number of hydrogen-bond acceptors (Lipinski definition) is 9. The molecule has 2 aliphatic heterocycles. The molecule has 194 valence electrons. The Labute approximate surface area is 216 Å². The number of benzene rings is 2. The van der Waals surface area contributed by atoms with Crippen molar-refractivity contribution < 1.29 is 23.6 Å². The van der Waals surface area contributed by atoms with Crippen LogP contribution in [0.1, 0.15) is 19.8 Å². The van der Waals surface area contributed by atoms with Crippen molar-refractivity contribution in [2.45, 2.75) is 31.4 Å². The fourth-order valence-corrected chi connectivity index (χ4v) is 4.96. The second kappa shape index (κ2) is 10.9. The number of piperidine rings is 1. The summed E-state index contributed by atoms with van der Waals surface area (Å²) in [7, 11) is 0. The number of non-ortho nitro benzene ring substituents is 1. The number of amides is 2. The number of anilines is 3. The number of ether oxygens (including phenoxy) is 1. The Morgan fingerprint density at radius 1 is 1.30 bits per heavy atom. The van der Waals surface area contributed by atoms with E-state index in [4.69, 9.17) is 4.74 Å². The second-order valence-electron chi connectivity index (χ2n) is 8.83. The van der Waals surface area contributed by atoms with E-state index in [0.717, 1.165) is 11.9 Å². The van der Waals surface area contributed by atoms with E-state index in [-0.39, 0.29) is 18.1 Å². The van der Waals surface area contributed by atoms with Gasteiger partial charge in [0, 0.05) is 50.7 Å². The number of nitrogens with one attached hydrogen (secondary N) is 2. The van der Waals surface area contributed by atoms with Crippen molar-refractivity contribution in [3.63, 3.8) is 0 Å². The molecule has 1 atom stereocenters. The number of cyclic esters (lactones) is 1. The van der Waals surface area contributed by atoms with Gasteiger partial charge in [-0.25, -0.2) is 9.18 Å². The molecule has 37 heavy (non-hydrogen) atoms. The summed E-state index contributed by atoms with van der Waals surface area (Å²) in [6, 6.07) is 12.8. The number of carbonyl (C=O) groups is 2. The van der Waals surface area contributed by atoms with Crippen molar-refractivity contribution in [3.05, 3.63) is 58.4 Å². The molecule has 0 radical (unpaired) electrons. The molecular weight excluding hydrogens is 503 g/mol. The molecule has 0 bridgehead atoms. The lowest BCUT2D eigenvalue weighted by atomic mass is 9.88. The molecule has 2 N–H and O–H groups in total. The number of rotatable bonds is 8. The zero-order valence-electron chi connectivity index (χ0n) is 20.0. The van der Waals surface area contributed by atoms with Gasteiger partial charge < -0.3 is 19.7 Å². The number of halogens is 1. The first kappa shape index (κ1) is 26.0. The molecule has 1 unspecified atom stereocenters. The minimum atomic E-state index is -0.882. The van der Waals surface area contributed by atoms with Crippen LogP contribution < -0.4 is 19.8 Å². The van der Waals surface area contributed by atoms with E-state index < -0.39 is 28.5 Å². The van der Waals surface area contributed by atoms with Crippen LogP contribution in [-0.4, -0.2) is 54.0 Å². The van der Waals surface area contributed by atoms with Crippen LogP contribution in [0.4, 0.5) is 31.9 Å². The first-order chi connectivity index (χ1) is 17.7. The van der Waals surface area contributed by atoms with E-state index in [1.807, 2.05) is 4.90 Å². The Kier molecular flexibility index (Phi) is 7.68. The van der Waals surface area contributed by atoms with Crippen LogP contribution in [0.25, 0.3) is 0 Å². The minimum absolute atomic E-state index is 0.0353. The van der Waals surface area contributed by atoms with Crippen LogP contribution in [0.5, 0.6) is 0 Å². The Balaban J connectivity index is 1.37. The predicted octanol–water partition coefficient (Wildman–Crippen LogP) is 3.82. The van der Waals surface area contributed by atoms with Crippen molar-refractivity contribution in [2.24, 2.45) is 0 Å². The minimum Gasteiger partial charge on any atom is -0.443 e. The number of nitro groups is 1. The fourth-order valence-electron chi connectivity index (χ4n) is 4.31. The topological polar surface area (TPSA) is 141 Å². The van der Waals surface area contributed by atoms with E-state index in [1.54, 1.807) is 24.3 Å². The molecule has 13 heteroatoms. The molecular formula is C24H25FN6O5S. The molecule has 2 aliphatic rings. The van der Waals surface area contributed by atoms with E-state index in [9.17, 15) is 25.0 Å². The Morgan fingerprint density at radius 3 is 2.59 bits per heavy atom. The molecule has 0 saturated carbocycles. The first-order valence-electron chi connectivity index (χ1n) is 11.5. The van der Waals surface area contributed by atoms with Gasteiger partial charge in [0.2, 0.25) is 5.91 Å². The lowest BCUT2D eigenvalue weighted by molar-refractivity contribution is -0.384. The SMILES string of the molecule is CC(=O)NSCC1CN(c2ccc(N3CCC(C#N)(Nc4ccc([N+](=O)[O-])cc4)CC3)c(F)c2)C(=O)O1. The molecule has 0 aromatic heterocycles. The van der Waals surface area contributed by atoms with Crippen molar-refractivity contribution in [2.75, 3.05) is 40.5 Å².